The first-order chi connectivity index (χ1) is 8.13. The average Bonchev–Trinajstić information content (AvgIpc) is 2.75. The first-order valence-electron chi connectivity index (χ1n) is 5.89. The summed E-state index contributed by atoms with van der Waals surface area (Å²) in [7, 11) is 0. The van der Waals surface area contributed by atoms with Gasteiger partial charge in [0.05, 0.1) is 0 Å². The van der Waals surface area contributed by atoms with Gasteiger partial charge in [0.1, 0.15) is 5.84 Å². The second kappa shape index (κ2) is 7.29. The molecular weight excluding hydrogens is 234 g/mol. The molecule has 1 aromatic heterocycles. The Labute approximate surface area is 107 Å². The van der Waals surface area contributed by atoms with Gasteiger partial charge in [0.2, 0.25) is 0 Å². The largest absolute Gasteiger partial charge is 0.409 e. The molecule has 1 aromatic rings. The third kappa shape index (κ3) is 5.19. The first kappa shape index (κ1) is 14.0. The van der Waals surface area contributed by atoms with Crippen LogP contribution in [0, 0.1) is 6.92 Å². The van der Waals surface area contributed by atoms with Gasteiger partial charge < -0.3 is 16.3 Å². The van der Waals surface area contributed by atoms with Gasteiger partial charge in [-0.3, -0.25) is 0 Å². The SMILES string of the molecule is Cc1ccc(C(C)NCCCCC(N)=NO)s1. The summed E-state index contributed by atoms with van der Waals surface area (Å²) in [4.78, 5) is 2.72. The molecule has 0 fully saturated rings. The molecule has 1 rings (SSSR count). The highest BCUT2D eigenvalue weighted by molar-refractivity contribution is 7.12. The Kier molecular flexibility index (Phi) is 6.00. The summed E-state index contributed by atoms with van der Waals surface area (Å²) in [5, 5.41) is 14.8. The lowest BCUT2D eigenvalue weighted by molar-refractivity contribution is 0.316. The number of nitrogens with two attached hydrogens (primary N) is 1. The van der Waals surface area contributed by atoms with Crippen molar-refractivity contribution in [3.8, 4) is 0 Å². The predicted octanol–water partition coefficient (Wildman–Crippen LogP) is 2.62. The van der Waals surface area contributed by atoms with Gasteiger partial charge >= 0.3 is 0 Å². The molecule has 1 unspecified atom stereocenters. The molecule has 0 aromatic carbocycles. The van der Waals surface area contributed by atoms with Crippen molar-refractivity contribution in [1.29, 1.82) is 0 Å². The molecule has 0 saturated heterocycles. The molecule has 1 heterocycles. The zero-order valence-electron chi connectivity index (χ0n) is 10.4. The van der Waals surface area contributed by atoms with Gasteiger partial charge in [-0.2, -0.15) is 0 Å². The van der Waals surface area contributed by atoms with E-state index in [1.165, 1.54) is 9.75 Å². The maximum atomic E-state index is 8.38. The minimum absolute atomic E-state index is 0.312. The van der Waals surface area contributed by atoms with E-state index in [0.717, 1.165) is 19.4 Å². The van der Waals surface area contributed by atoms with Crippen LogP contribution < -0.4 is 11.1 Å². The van der Waals surface area contributed by atoms with Gasteiger partial charge in [-0.25, -0.2) is 0 Å². The van der Waals surface area contributed by atoms with Gasteiger partial charge in [-0.1, -0.05) is 5.16 Å². The Morgan fingerprint density at radius 1 is 1.53 bits per heavy atom. The first-order valence-corrected chi connectivity index (χ1v) is 6.71. The smallest absolute Gasteiger partial charge is 0.139 e. The van der Waals surface area contributed by atoms with E-state index in [-0.39, 0.29) is 0 Å². The Bertz CT molecular complexity index is 362. The Morgan fingerprint density at radius 3 is 2.88 bits per heavy atom. The third-order valence-electron chi connectivity index (χ3n) is 2.63. The molecule has 0 aliphatic heterocycles. The van der Waals surface area contributed by atoms with Gasteiger partial charge in [0.15, 0.2) is 0 Å². The topological polar surface area (TPSA) is 70.6 Å². The summed E-state index contributed by atoms with van der Waals surface area (Å²) < 4.78 is 0. The summed E-state index contributed by atoms with van der Waals surface area (Å²) in [6, 6.07) is 4.72. The summed E-state index contributed by atoms with van der Waals surface area (Å²) >= 11 is 1.83. The quantitative estimate of drug-likeness (QED) is 0.231. The Hall–Kier alpha value is -1.07. The summed E-state index contributed by atoms with van der Waals surface area (Å²) in [5.41, 5.74) is 5.39. The van der Waals surface area contributed by atoms with Crippen LogP contribution in [0.3, 0.4) is 0 Å². The fourth-order valence-electron chi connectivity index (χ4n) is 1.59. The molecule has 0 aliphatic rings. The fraction of sp³-hybridized carbons (Fsp3) is 0.583. The maximum absolute atomic E-state index is 8.38. The van der Waals surface area contributed by atoms with Gasteiger partial charge in [0, 0.05) is 22.2 Å². The minimum atomic E-state index is 0.312. The molecule has 1 atom stereocenters. The van der Waals surface area contributed by atoms with Crippen LogP contribution in [-0.2, 0) is 0 Å². The molecule has 0 spiro atoms. The number of aryl methyl sites for hydroxylation is 1. The van der Waals surface area contributed by atoms with E-state index in [0.29, 0.717) is 18.3 Å². The number of nitrogens with zero attached hydrogens (tertiary/aromatic N) is 1. The van der Waals surface area contributed by atoms with Crippen molar-refractivity contribution in [2.45, 2.75) is 39.2 Å². The van der Waals surface area contributed by atoms with Crippen LogP contribution in [0.5, 0.6) is 0 Å². The minimum Gasteiger partial charge on any atom is -0.409 e. The van der Waals surface area contributed by atoms with Gasteiger partial charge in [-0.05, 0) is 45.4 Å². The number of unbranched alkanes of at least 4 members (excludes halogenated alkanes) is 1. The highest BCUT2D eigenvalue weighted by Crippen LogP contribution is 2.22. The second-order valence-corrected chi connectivity index (χ2v) is 5.49. The molecule has 0 amide bonds. The predicted molar refractivity (Wildman–Crippen MR) is 72.7 cm³/mol. The molecule has 5 heteroatoms. The van der Waals surface area contributed by atoms with E-state index in [1.54, 1.807) is 0 Å². The van der Waals surface area contributed by atoms with E-state index >= 15 is 0 Å². The number of thiophene rings is 1. The van der Waals surface area contributed by atoms with Gasteiger partial charge in [0.25, 0.3) is 0 Å². The molecule has 0 aliphatic carbocycles. The third-order valence-corrected chi connectivity index (χ3v) is 3.81. The van der Waals surface area contributed by atoms with E-state index in [9.17, 15) is 0 Å². The van der Waals surface area contributed by atoms with E-state index < -0.39 is 0 Å². The average molecular weight is 255 g/mol. The van der Waals surface area contributed by atoms with E-state index in [1.807, 2.05) is 11.3 Å². The van der Waals surface area contributed by atoms with Crippen LogP contribution in [0.2, 0.25) is 0 Å². The molecule has 0 radical (unpaired) electrons. The molecule has 17 heavy (non-hydrogen) atoms. The molecule has 4 N–H and O–H groups in total. The molecular formula is C12H21N3OS. The summed E-state index contributed by atoms with van der Waals surface area (Å²) in [5.74, 6) is 0.312. The monoisotopic (exact) mass is 255 g/mol. The molecule has 96 valence electrons. The fourth-order valence-corrected chi connectivity index (χ4v) is 2.49. The highest BCUT2D eigenvalue weighted by Gasteiger charge is 2.06. The van der Waals surface area contributed by atoms with Crippen molar-refractivity contribution in [3.63, 3.8) is 0 Å². The molecule has 0 saturated carbocycles. The van der Waals surface area contributed by atoms with E-state index in [4.69, 9.17) is 10.9 Å². The number of hydrogen-bond donors (Lipinski definition) is 3. The van der Waals surface area contributed by atoms with Crippen molar-refractivity contribution in [3.05, 3.63) is 21.9 Å². The van der Waals surface area contributed by atoms with Crippen molar-refractivity contribution in [2.24, 2.45) is 10.9 Å². The van der Waals surface area contributed by atoms with Crippen LogP contribution in [0.15, 0.2) is 17.3 Å². The summed E-state index contributed by atoms with van der Waals surface area (Å²) in [6.07, 6.45) is 2.63. The van der Waals surface area contributed by atoms with Crippen molar-refractivity contribution >= 4 is 17.2 Å². The lowest BCUT2D eigenvalue weighted by Crippen LogP contribution is -2.19. The molecule has 4 nitrogen and oxygen atoms in total. The van der Waals surface area contributed by atoms with Crippen molar-refractivity contribution in [2.75, 3.05) is 6.54 Å². The lowest BCUT2D eigenvalue weighted by Gasteiger charge is -2.11. The standard InChI is InChI=1S/C12H21N3OS/c1-9-6-7-11(17-9)10(2)14-8-4-3-5-12(13)15-16/h6-7,10,14,16H,3-5,8H2,1-2H3,(H2,13,15). The molecule has 0 bridgehead atoms. The number of hydrogen-bond acceptors (Lipinski definition) is 4. The Morgan fingerprint density at radius 2 is 2.29 bits per heavy atom. The number of oxime groups is 1. The van der Waals surface area contributed by atoms with Crippen LogP contribution >= 0.6 is 11.3 Å². The number of rotatable bonds is 7. The van der Waals surface area contributed by atoms with Crippen LogP contribution in [0.1, 0.15) is 42.0 Å². The van der Waals surface area contributed by atoms with Crippen LogP contribution in [0.4, 0.5) is 0 Å². The zero-order valence-corrected chi connectivity index (χ0v) is 11.3. The van der Waals surface area contributed by atoms with Gasteiger partial charge in [-0.15, -0.1) is 11.3 Å². The van der Waals surface area contributed by atoms with Crippen molar-refractivity contribution < 1.29 is 5.21 Å². The van der Waals surface area contributed by atoms with E-state index in [2.05, 4.69) is 36.5 Å². The van der Waals surface area contributed by atoms with Crippen molar-refractivity contribution in [1.82, 2.24) is 5.32 Å². The maximum Gasteiger partial charge on any atom is 0.139 e. The normalized spacial score (nSPS) is 13.9. The second-order valence-electron chi connectivity index (χ2n) is 4.17. The Balaban J connectivity index is 2.14. The summed E-state index contributed by atoms with van der Waals surface area (Å²) in [6.45, 7) is 5.25. The highest BCUT2D eigenvalue weighted by atomic mass is 32.1. The zero-order chi connectivity index (χ0) is 12.7. The number of nitrogens with one attached hydrogen (secondary N) is 1. The lowest BCUT2D eigenvalue weighted by atomic mass is 10.2. The number of amidine groups is 1. The van der Waals surface area contributed by atoms with Crippen LogP contribution in [0.25, 0.3) is 0 Å². The van der Waals surface area contributed by atoms with Crippen LogP contribution in [-0.4, -0.2) is 17.6 Å².